The van der Waals surface area contributed by atoms with Gasteiger partial charge in [-0.05, 0) is 30.5 Å². The fourth-order valence-corrected chi connectivity index (χ4v) is 2.75. The van der Waals surface area contributed by atoms with Crippen molar-refractivity contribution in [3.05, 3.63) is 35.6 Å². The van der Waals surface area contributed by atoms with E-state index in [9.17, 15) is 14.0 Å². The predicted octanol–water partition coefficient (Wildman–Crippen LogP) is 1.77. The summed E-state index contributed by atoms with van der Waals surface area (Å²) in [6.45, 7) is 3.42. The van der Waals surface area contributed by atoms with Gasteiger partial charge in [-0.25, -0.2) is 9.18 Å². The summed E-state index contributed by atoms with van der Waals surface area (Å²) in [6, 6.07) is 4.96. The molecule has 140 valence electrons. The molecule has 1 heterocycles. The summed E-state index contributed by atoms with van der Waals surface area (Å²) < 4.78 is 12.9. The van der Waals surface area contributed by atoms with Crippen molar-refractivity contribution < 1.29 is 14.0 Å². The van der Waals surface area contributed by atoms with Crippen molar-refractivity contribution in [2.24, 2.45) is 5.73 Å². The van der Waals surface area contributed by atoms with Gasteiger partial charge in [-0.15, -0.1) is 12.4 Å². The lowest BCUT2D eigenvalue weighted by molar-refractivity contribution is -0.132. The Morgan fingerprint density at radius 3 is 2.60 bits per heavy atom. The van der Waals surface area contributed by atoms with E-state index in [1.165, 1.54) is 12.1 Å². The van der Waals surface area contributed by atoms with E-state index in [1.807, 2.05) is 6.92 Å². The lowest BCUT2D eigenvalue weighted by Crippen LogP contribution is -2.51. The Kier molecular flexibility index (Phi) is 8.65. The summed E-state index contributed by atoms with van der Waals surface area (Å²) in [7, 11) is 0. The Bertz CT molecular complexity index is 570. The molecule has 25 heavy (non-hydrogen) atoms. The lowest BCUT2D eigenvalue weighted by Gasteiger charge is -2.24. The van der Waals surface area contributed by atoms with Crippen molar-refractivity contribution in [2.45, 2.75) is 44.8 Å². The first kappa shape index (κ1) is 21.2. The third-order valence-electron chi connectivity index (χ3n) is 4.08. The number of likely N-dealkylation sites (tertiary alicyclic amines) is 1. The van der Waals surface area contributed by atoms with E-state index < -0.39 is 12.1 Å². The number of nitrogens with zero attached hydrogens (tertiary/aromatic N) is 1. The molecule has 1 saturated heterocycles. The van der Waals surface area contributed by atoms with E-state index in [0.717, 1.165) is 18.4 Å². The number of halogens is 2. The molecule has 0 aromatic heterocycles. The van der Waals surface area contributed by atoms with E-state index in [2.05, 4.69) is 10.6 Å². The highest BCUT2D eigenvalue weighted by Crippen LogP contribution is 2.11. The first-order valence-electron chi connectivity index (χ1n) is 8.32. The van der Waals surface area contributed by atoms with Gasteiger partial charge in [0.05, 0.1) is 0 Å². The molecule has 4 N–H and O–H groups in total. The van der Waals surface area contributed by atoms with Crippen molar-refractivity contribution >= 4 is 24.3 Å². The summed E-state index contributed by atoms with van der Waals surface area (Å²) in [5.74, 6) is -0.401. The van der Waals surface area contributed by atoms with E-state index in [0.29, 0.717) is 19.5 Å². The van der Waals surface area contributed by atoms with Crippen LogP contribution in [-0.2, 0) is 11.3 Å². The minimum absolute atomic E-state index is 0. The number of nitrogens with two attached hydrogens (primary N) is 1. The summed E-state index contributed by atoms with van der Waals surface area (Å²) in [5, 5.41) is 5.43. The van der Waals surface area contributed by atoms with Crippen LogP contribution in [0.5, 0.6) is 0 Å². The number of rotatable bonds is 6. The number of carbonyl (C=O) groups excluding carboxylic acids is 2. The molecule has 1 aromatic rings. The third-order valence-corrected chi connectivity index (χ3v) is 4.08. The van der Waals surface area contributed by atoms with E-state index in [4.69, 9.17) is 5.73 Å². The molecule has 0 radical (unpaired) electrons. The molecule has 0 aliphatic carbocycles. The molecule has 1 aliphatic rings. The highest BCUT2D eigenvalue weighted by Gasteiger charge is 2.29. The van der Waals surface area contributed by atoms with Gasteiger partial charge in [0.2, 0.25) is 5.91 Å². The monoisotopic (exact) mass is 372 g/mol. The summed E-state index contributed by atoms with van der Waals surface area (Å²) >= 11 is 0. The first-order chi connectivity index (χ1) is 11.5. The number of amides is 3. The first-order valence-corrected chi connectivity index (χ1v) is 8.32. The Labute approximate surface area is 153 Å². The number of carbonyl (C=O) groups is 2. The molecule has 3 amide bonds. The Morgan fingerprint density at radius 1 is 1.36 bits per heavy atom. The maximum atomic E-state index is 12.9. The summed E-state index contributed by atoms with van der Waals surface area (Å²) in [4.78, 5) is 26.3. The van der Waals surface area contributed by atoms with Gasteiger partial charge in [-0.3, -0.25) is 4.79 Å². The van der Waals surface area contributed by atoms with Gasteiger partial charge in [0.15, 0.2) is 0 Å². The zero-order valence-corrected chi connectivity index (χ0v) is 15.2. The molecule has 2 rings (SSSR count). The number of nitrogens with one attached hydrogen (secondary N) is 2. The van der Waals surface area contributed by atoms with Crippen molar-refractivity contribution in [3.63, 3.8) is 0 Å². The number of hydrogen-bond acceptors (Lipinski definition) is 3. The van der Waals surface area contributed by atoms with Gasteiger partial charge in [0.1, 0.15) is 11.9 Å². The predicted molar refractivity (Wildman–Crippen MR) is 96.9 cm³/mol. The molecule has 0 saturated carbocycles. The zero-order chi connectivity index (χ0) is 17.5. The number of hydrogen-bond donors (Lipinski definition) is 3. The highest BCUT2D eigenvalue weighted by atomic mass is 35.5. The standard InChI is InChI=1S/C17H25FN4O2.ClH/c1-2-3-15(16(23)22-9-8-14(19)11-22)21-17(24)20-10-12-4-6-13(18)7-5-12;/h4-7,14-15H,2-3,8-11,19H2,1H3,(H2,20,21,24);1H/t14-,15?;/m1./s1. The molecular formula is C17H26ClFN4O2. The fraction of sp³-hybridized carbons (Fsp3) is 0.529. The smallest absolute Gasteiger partial charge is 0.315 e. The second-order valence-electron chi connectivity index (χ2n) is 6.13. The van der Waals surface area contributed by atoms with Crippen molar-refractivity contribution in [2.75, 3.05) is 13.1 Å². The Morgan fingerprint density at radius 2 is 2.04 bits per heavy atom. The van der Waals surface area contributed by atoms with Gasteiger partial charge in [-0.2, -0.15) is 0 Å². The minimum Gasteiger partial charge on any atom is -0.339 e. The molecule has 6 nitrogen and oxygen atoms in total. The normalized spacial score (nSPS) is 17.6. The molecule has 0 spiro atoms. The Balaban J connectivity index is 0.00000312. The molecular weight excluding hydrogens is 347 g/mol. The maximum absolute atomic E-state index is 12.9. The van der Waals surface area contributed by atoms with Crippen LogP contribution in [0.15, 0.2) is 24.3 Å². The molecule has 1 unspecified atom stereocenters. The molecule has 1 aliphatic heterocycles. The number of urea groups is 1. The average Bonchev–Trinajstić information content (AvgIpc) is 3.00. The molecule has 2 atom stereocenters. The van der Waals surface area contributed by atoms with Crippen LogP contribution in [-0.4, -0.2) is 42.0 Å². The van der Waals surface area contributed by atoms with E-state index in [-0.39, 0.29) is 36.7 Å². The minimum atomic E-state index is -0.548. The van der Waals surface area contributed by atoms with Crippen LogP contribution in [0.1, 0.15) is 31.7 Å². The van der Waals surface area contributed by atoms with Crippen LogP contribution in [0.4, 0.5) is 9.18 Å². The van der Waals surface area contributed by atoms with Crippen molar-refractivity contribution in [1.29, 1.82) is 0 Å². The SMILES string of the molecule is CCCC(NC(=O)NCc1ccc(F)cc1)C(=O)N1CC[C@@H](N)C1.Cl. The second-order valence-corrected chi connectivity index (χ2v) is 6.13. The molecule has 1 fully saturated rings. The molecule has 8 heteroatoms. The summed E-state index contributed by atoms with van der Waals surface area (Å²) in [6.07, 6.45) is 2.16. The van der Waals surface area contributed by atoms with E-state index >= 15 is 0 Å². The zero-order valence-electron chi connectivity index (χ0n) is 14.3. The fourth-order valence-electron chi connectivity index (χ4n) is 2.75. The van der Waals surface area contributed by atoms with Crippen LogP contribution < -0.4 is 16.4 Å². The highest BCUT2D eigenvalue weighted by molar-refractivity contribution is 5.87. The van der Waals surface area contributed by atoms with Crippen molar-refractivity contribution in [3.8, 4) is 0 Å². The third kappa shape index (κ3) is 6.51. The topological polar surface area (TPSA) is 87.5 Å². The Hall–Kier alpha value is -1.86. The number of benzene rings is 1. The lowest BCUT2D eigenvalue weighted by atomic mass is 10.1. The van der Waals surface area contributed by atoms with Crippen molar-refractivity contribution in [1.82, 2.24) is 15.5 Å². The van der Waals surface area contributed by atoms with Gasteiger partial charge in [-0.1, -0.05) is 25.5 Å². The average molecular weight is 373 g/mol. The largest absolute Gasteiger partial charge is 0.339 e. The van der Waals surface area contributed by atoms with Gasteiger partial charge >= 0.3 is 6.03 Å². The van der Waals surface area contributed by atoms with Crippen LogP contribution >= 0.6 is 12.4 Å². The van der Waals surface area contributed by atoms with Gasteiger partial charge < -0.3 is 21.3 Å². The van der Waals surface area contributed by atoms with Crippen LogP contribution in [0.3, 0.4) is 0 Å². The van der Waals surface area contributed by atoms with Gasteiger partial charge in [0.25, 0.3) is 0 Å². The van der Waals surface area contributed by atoms with E-state index in [1.54, 1.807) is 17.0 Å². The van der Waals surface area contributed by atoms with Gasteiger partial charge in [0, 0.05) is 25.7 Å². The van der Waals surface area contributed by atoms with Crippen LogP contribution in [0.25, 0.3) is 0 Å². The molecule has 0 bridgehead atoms. The maximum Gasteiger partial charge on any atom is 0.315 e. The molecule has 1 aromatic carbocycles. The quantitative estimate of drug-likeness (QED) is 0.711. The second kappa shape index (κ2) is 10.2. The summed E-state index contributed by atoms with van der Waals surface area (Å²) in [5.41, 5.74) is 6.63. The van der Waals surface area contributed by atoms with Crippen LogP contribution in [0, 0.1) is 5.82 Å². The van der Waals surface area contributed by atoms with Crippen LogP contribution in [0.2, 0.25) is 0 Å².